The molecule has 3 N–H and O–H groups in total. The van der Waals surface area contributed by atoms with Crippen molar-refractivity contribution >= 4 is 17.6 Å². The van der Waals surface area contributed by atoms with Gasteiger partial charge in [0.15, 0.2) is 0 Å². The number of thioether (sulfide) groups is 1. The minimum Gasteiger partial charge on any atom is -0.496 e. The fraction of sp³-hybridized carbons (Fsp3) is 0.500. The van der Waals surface area contributed by atoms with Crippen LogP contribution in [0.2, 0.25) is 0 Å². The summed E-state index contributed by atoms with van der Waals surface area (Å²) in [5.74, 6) is 3.42. The highest BCUT2D eigenvalue weighted by Gasteiger charge is 2.13. The number of benzene rings is 1. The monoisotopic (exact) mass is 279 g/mol. The number of hydrogen-bond acceptors (Lipinski definition) is 4. The van der Waals surface area contributed by atoms with Crippen LogP contribution in [-0.4, -0.2) is 42.4 Å². The highest BCUT2D eigenvalue weighted by atomic mass is 32.2. The van der Waals surface area contributed by atoms with Crippen LogP contribution < -0.4 is 10.5 Å². The normalized spacial score (nSPS) is 16.9. The highest BCUT2D eigenvalue weighted by Crippen LogP contribution is 2.22. The lowest BCUT2D eigenvalue weighted by molar-refractivity contribution is 0.281. The summed E-state index contributed by atoms with van der Waals surface area (Å²) in [5.41, 5.74) is 7.43. The quantitative estimate of drug-likeness (QED) is 0.653. The SMILES string of the molecule is COc1ccc(C(=N)N)cc1CN1CCCSCC1. The van der Waals surface area contributed by atoms with E-state index in [-0.39, 0.29) is 5.84 Å². The molecule has 1 aromatic carbocycles. The molecule has 104 valence electrons. The Labute approximate surface area is 118 Å². The first-order chi connectivity index (χ1) is 9.20. The Morgan fingerprint density at radius 2 is 2.26 bits per heavy atom. The van der Waals surface area contributed by atoms with E-state index >= 15 is 0 Å². The second-order valence-electron chi connectivity index (χ2n) is 4.68. The van der Waals surface area contributed by atoms with E-state index in [1.807, 2.05) is 30.0 Å². The molecular weight excluding hydrogens is 258 g/mol. The topological polar surface area (TPSA) is 62.3 Å². The molecule has 2 rings (SSSR count). The lowest BCUT2D eigenvalue weighted by Gasteiger charge is -2.21. The van der Waals surface area contributed by atoms with Crippen molar-refractivity contribution in [3.63, 3.8) is 0 Å². The van der Waals surface area contributed by atoms with Crippen LogP contribution in [0.1, 0.15) is 17.5 Å². The lowest BCUT2D eigenvalue weighted by Crippen LogP contribution is -2.26. The van der Waals surface area contributed by atoms with E-state index in [0.29, 0.717) is 0 Å². The van der Waals surface area contributed by atoms with Crippen molar-refractivity contribution < 1.29 is 4.74 Å². The molecule has 0 spiro atoms. The standard InChI is InChI=1S/C14H21N3OS/c1-18-13-4-3-11(14(15)16)9-12(13)10-17-5-2-7-19-8-6-17/h3-4,9H,2,5-8,10H2,1H3,(H3,15,16). The minimum absolute atomic E-state index is 0.107. The van der Waals surface area contributed by atoms with E-state index in [0.717, 1.165) is 36.5 Å². The summed E-state index contributed by atoms with van der Waals surface area (Å²) in [6.45, 7) is 3.10. The van der Waals surface area contributed by atoms with E-state index in [9.17, 15) is 0 Å². The van der Waals surface area contributed by atoms with Crippen molar-refractivity contribution in [3.05, 3.63) is 29.3 Å². The van der Waals surface area contributed by atoms with Crippen LogP contribution in [0.15, 0.2) is 18.2 Å². The Bertz CT molecular complexity index is 442. The van der Waals surface area contributed by atoms with Gasteiger partial charge in [-0.2, -0.15) is 11.8 Å². The Balaban J connectivity index is 2.16. The van der Waals surface area contributed by atoms with Gasteiger partial charge in [0.25, 0.3) is 0 Å². The fourth-order valence-electron chi connectivity index (χ4n) is 2.27. The number of nitrogen functional groups attached to an aromatic ring is 1. The van der Waals surface area contributed by atoms with Gasteiger partial charge in [0.05, 0.1) is 7.11 Å². The van der Waals surface area contributed by atoms with Gasteiger partial charge in [0, 0.05) is 30.0 Å². The zero-order valence-corrected chi connectivity index (χ0v) is 12.1. The number of rotatable bonds is 4. The van der Waals surface area contributed by atoms with Crippen molar-refractivity contribution in [1.29, 1.82) is 5.41 Å². The average molecular weight is 279 g/mol. The van der Waals surface area contributed by atoms with E-state index in [2.05, 4.69) is 4.90 Å². The molecule has 0 saturated carbocycles. The van der Waals surface area contributed by atoms with Crippen LogP contribution in [0.5, 0.6) is 5.75 Å². The number of methoxy groups -OCH3 is 1. The average Bonchev–Trinajstić information content (AvgIpc) is 2.67. The van der Waals surface area contributed by atoms with Gasteiger partial charge in [0.1, 0.15) is 11.6 Å². The summed E-state index contributed by atoms with van der Waals surface area (Å²) < 4.78 is 5.41. The molecule has 0 unspecified atom stereocenters. The third kappa shape index (κ3) is 3.88. The predicted molar refractivity (Wildman–Crippen MR) is 81.2 cm³/mol. The van der Waals surface area contributed by atoms with Gasteiger partial charge in [-0.3, -0.25) is 10.3 Å². The number of amidine groups is 1. The van der Waals surface area contributed by atoms with Crippen molar-refractivity contribution in [2.45, 2.75) is 13.0 Å². The molecule has 0 aromatic heterocycles. The number of nitrogens with two attached hydrogens (primary N) is 1. The van der Waals surface area contributed by atoms with Gasteiger partial charge in [-0.1, -0.05) is 0 Å². The summed E-state index contributed by atoms with van der Waals surface area (Å²) in [5, 5.41) is 7.53. The first-order valence-electron chi connectivity index (χ1n) is 6.52. The Morgan fingerprint density at radius 1 is 1.42 bits per heavy atom. The van der Waals surface area contributed by atoms with Crippen molar-refractivity contribution in [2.24, 2.45) is 5.73 Å². The Morgan fingerprint density at radius 3 is 3.00 bits per heavy atom. The largest absolute Gasteiger partial charge is 0.496 e. The molecule has 1 saturated heterocycles. The summed E-state index contributed by atoms with van der Waals surface area (Å²) in [7, 11) is 1.69. The van der Waals surface area contributed by atoms with Gasteiger partial charge in [-0.15, -0.1) is 0 Å². The van der Waals surface area contributed by atoms with Gasteiger partial charge in [-0.05, 0) is 36.9 Å². The number of ether oxygens (including phenoxy) is 1. The maximum atomic E-state index is 7.53. The minimum atomic E-state index is 0.107. The summed E-state index contributed by atoms with van der Waals surface area (Å²) in [4.78, 5) is 2.45. The molecule has 0 radical (unpaired) electrons. The molecule has 0 atom stereocenters. The van der Waals surface area contributed by atoms with Gasteiger partial charge in [0.2, 0.25) is 0 Å². The van der Waals surface area contributed by atoms with Crippen LogP contribution in [0, 0.1) is 5.41 Å². The van der Waals surface area contributed by atoms with Crippen LogP contribution in [0.3, 0.4) is 0 Å². The second-order valence-corrected chi connectivity index (χ2v) is 5.91. The molecule has 0 bridgehead atoms. The Hall–Kier alpha value is -1.20. The molecule has 1 aliphatic heterocycles. The fourth-order valence-corrected chi connectivity index (χ4v) is 3.19. The number of nitrogens with zero attached hydrogens (tertiary/aromatic N) is 1. The van der Waals surface area contributed by atoms with Crippen molar-refractivity contribution in [2.75, 3.05) is 31.7 Å². The third-order valence-corrected chi connectivity index (χ3v) is 4.35. The van der Waals surface area contributed by atoms with Crippen LogP contribution in [0.25, 0.3) is 0 Å². The Kier molecular flexibility index (Phi) is 5.10. The summed E-state index contributed by atoms with van der Waals surface area (Å²) in [6.07, 6.45) is 1.24. The molecule has 1 heterocycles. The molecule has 0 amide bonds. The summed E-state index contributed by atoms with van der Waals surface area (Å²) in [6, 6.07) is 5.71. The molecular formula is C14H21N3OS. The van der Waals surface area contributed by atoms with Crippen LogP contribution in [-0.2, 0) is 6.54 Å². The van der Waals surface area contributed by atoms with Crippen molar-refractivity contribution in [1.82, 2.24) is 4.90 Å². The first-order valence-corrected chi connectivity index (χ1v) is 7.67. The highest BCUT2D eigenvalue weighted by molar-refractivity contribution is 7.99. The smallest absolute Gasteiger partial charge is 0.123 e. The van der Waals surface area contributed by atoms with E-state index in [4.69, 9.17) is 15.9 Å². The predicted octanol–water partition coefficient (Wildman–Crippen LogP) is 1.92. The number of hydrogen-bond donors (Lipinski definition) is 2. The lowest BCUT2D eigenvalue weighted by atomic mass is 10.1. The molecule has 1 fully saturated rings. The van der Waals surface area contributed by atoms with Gasteiger partial charge in [-0.25, -0.2) is 0 Å². The van der Waals surface area contributed by atoms with E-state index in [1.54, 1.807) is 7.11 Å². The van der Waals surface area contributed by atoms with Gasteiger partial charge < -0.3 is 10.5 Å². The zero-order valence-electron chi connectivity index (χ0n) is 11.3. The molecule has 5 heteroatoms. The molecule has 1 aliphatic rings. The van der Waals surface area contributed by atoms with Crippen LogP contribution >= 0.6 is 11.8 Å². The number of nitrogens with one attached hydrogen (secondary N) is 1. The maximum absolute atomic E-state index is 7.53. The molecule has 19 heavy (non-hydrogen) atoms. The second kappa shape index (κ2) is 6.82. The van der Waals surface area contributed by atoms with E-state index in [1.165, 1.54) is 17.9 Å². The molecule has 0 aliphatic carbocycles. The molecule has 4 nitrogen and oxygen atoms in total. The first kappa shape index (κ1) is 14.2. The maximum Gasteiger partial charge on any atom is 0.123 e. The van der Waals surface area contributed by atoms with Gasteiger partial charge >= 0.3 is 0 Å². The zero-order chi connectivity index (χ0) is 13.7. The van der Waals surface area contributed by atoms with Crippen LogP contribution in [0.4, 0.5) is 0 Å². The third-order valence-electron chi connectivity index (χ3n) is 3.30. The van der Waals surface area contributed by atoms with Crippen molar-refractivity contribution in [3.8, 4) is 5.75 Å². The van der Waals surface area contributed by atoms with E-state index < -0.39 is 0 Å². The molecule has 1 aromatic rings. The summed E-state index contributed by atoms with van der Waals surface area (Å²) >= 11 is 2.02.